The van der Waals surface area contributed by atoms with Crippen LogP contribution in [0, 0.1) is 0 Å². The van der Waals surface area contributed by atoms with Crippen LogP contribution in [0.3, 0.4) is 0 Å². The van der Waals surface area contributed by atoms with Crippen LogP contribution < -0.4 is 5.32 Å². The van der Waals surface area contributed by atoms with E-state index in [-0.39, 0.29) is 18.0 Å². The molecule has 0 unspecified atom stereocenters. The minimum atomic E-state index is -1.04. The van der Waals surface area contributed by atoms with Crippen LogP contribution in [0.15, 0.2) is 30.7 Å². The lowest BCUT2D eigenvalue weighted by Crippen LogP contribution is -2.13. The Hall–Kier alpha value is -2.90. The Morgan fingerprint density at radius 3 is 2.89 bits per heavy atom. The second-order valence-electron chi connectivity index (χ2n) is 3.65. The van der Waals surface area contributed by atoms with Crippen LogP contribution in [-0.2, 0) is 11.3 Å². The Kier molecular flexibility index (Phi) is 3.42. The first-order chi connectivity index (χ1) is 9.06. The third-order valence-corrected chi connectivity index (χ3v) is 2.19. The Balaban J connectivity index is 2.09. The molecule has 98 valence electrons. The van der Waals surface area contributed by atoms with Crippen molar-refractivity contribution in [2.24, 2.45) is 0 Å². The van der Waals surface area contributed by atoms with Crippen molar-refractivity contribution < 1.29 is 19.8 Å². The summed E-state index contributed by atoms with van der Waals surface area (Å²) < 4.78 is 1.16. The third-order valence-electron chi connectivity index (χ3n) is 2.19. The van der Waals surface area contributed by atoms with E-state index >= 15 is 0 Å². The van der Waals surface area contributed by atoms with Crippen molar-refractivity contribution in [2.75, 3.05) is 5.32 Å². The number of hydrogen-bond donors (Lipinski definition) is 3. The lowest BCUT2D eigenvalue weighted by atomic mass is 10.3. The molecule has 0 aliphatic carbocycles. The molecule has 0 aromatic carbocycles. The van der Waals surface area contributed by atoms with Crippen LogP contribution in [0.5, 0.6) is 5.75 Å². The summed E-state index contributed by atoms with van der Waals surface area (Å²) in [6.07, 6.45) is 4.05. The minimum Gasteiger partial charge on any atom is -0.505 e. The number of nitrogens with one attached hydrogen (secondary N) is 1. The quantitative estimate of drug-likeness (QED) is 0.730. The van der Waals surface area contributed by atoms with E-state index in [9.17, 15) is 14.7 Å². The van der Waals surface area contributed by atoms with Crippen molar-refractivity contribution in [3.63, 3.8) is 0 Å². The van der Waals surface area contributed by atoms with Gasteiger partial charge in [-0.05, 0) is 12.1 Å². The molecule has 0 atom stereocenters. The highest BCUT2D eigenvalue weighted by Gasteiger charge is 2.13. The first kappa shape index (κ1) is 12.6. The average molecular weight is 262 g/mol. The molecule has 0 spiro atoms. The van der Waals surface area contributed by atoms with Gasteiger partial charge >= 0.3 is 5.97 Å². The predicted octanol–water partition coefficient (Wildman–Crippen LogP) is 0.321. The number of pyridine rings is 1. The maximum Gasteiger partial charge on any atom is 0.325 e. The molecule has 0 fully saturated rings. The van der Waals surface area contributed by atoms with Gasteiger partial charge in [0.15, 0.2) is 5.69 Å². The maximum absolute atomic E-state index is 11.8. The van der Waals surface area contributed by atoms with Crippen LogP contribution >= 0.6 is 0 Å². The fraction of sp³-hybridized carbons (Fsp3) is 0.0909. The normalized spacial score (nSPS) is 10.1. The Labute approximate surface area is 107 Å². The second kappa shape index (κ2) is 5.17. The van der Waals surface area contributed by atoms with Crippen LogP contribution in [-0.4, -0.2) is 36.9 Å². The number of aromatic hydroxyl groups is 1. The number of carbonyl (C=O) groups excluding carboxylic acids is 1. The molecule has 3 N–H and O–H groups in total. The summed E-state index contributed by atoms with van der Waals surface area (Å²) in [6, 6.07) is 2.84. The molecule has 2 aromatic rings. The van der Waals surface area contributed by atoms with Gasteiger partial charge in [-0.25, -0.2) is 4.98 Å². The number of aliphatic carboxylic acids is 1. The molecule has 19 heavy (non-hydrogen) atoms. The number of anilines is 1. The Morgan fingerprint density at radius 2 is 2.21 bits per heavy atom. The monoisotopic (exact) mass is 262 g/mol. The van der Waals surface area contributed by atoms with Gasteiger partial charge in [0.25, 0.3) is 5.91 Å². The van der Waals surface area contributed by atoms with E-state index in [2.05, 4.69) is 15.4 Å². The van der Waals surface area contributed by atoms with Crippen LogP contribution in [0.25, 0.3) is 0 Å². The number of nitrogens with zero attached hydrogens (tertiary/aromatic N) is 3. The lowest BCUT2D eigenvalue weighted by Gasteiger charge is -2.02. The molecule has 1 amide bonds. The molecule has 2 heterocycles. The number of carbonyl (C=O) groups is 2. The van der Waals surface area contributed by atoms with E-state index in [4.69, 9.17) is 5.11 Å². The SMILES string of the molecule is O=C(O)Cn1cc(NC(=O)c2ncccc2O)cn1. The zero-order valence-electron chi connectivity index (χ0n) is 9.65. The van der Waals surface area contributed by atoms with Crippen LogP contribution in [0.1, 0.15) is 10.5 Å². The summed E-state index contributed by atoms with van der Waals surface area (Å²) in [6.45, 7) is -0.301. The van der Waals surface area contributed by atoms with Crippen molar-refractivity contribution in [3.8, 4) is 5.75 Å². The molecular weight excluding hydrogens is 252 g/mol. The molecule has 2 aromatic heterocycles. The van der Waals surface area contributed by atoms with Crippen molar-refractivity contribution >= 4 is 17.6 Å². The highest BCUT2D eigenvalue weighted by atomic mass is 16.4. The summed E-state index contributed by atoms with van der Waals surface area (Å²) in [5, 5.41) is 24.3. The van der Waals surface area contributed by atoms with E-state index in [1.54, 1.807) is 0 Å². The molecule has 0 bridgehead atoms. The Morgan fingerprint density at radius 1 is 1.42 bits per heavy atom. The number of rotatable bonds is 4. The molecule has 2 rings (SSSR count). The van der Waals surface area contributed by atoms with Crippen LogP contribution in [0.2, 0.25) is 0 Å². The van der Waals surface area contributed by atoms with E-state index in [1.807, 2.05) is 0 Å². The van der Waals surface area contributed by atoms with Gasteiger partial charge < -0.3 is 15.5 Å². The average Bonchev–Trinajstić information content (AvgIpc) is 2.76. The van der Waals surface area contributed by atoms with Gasteiger partial charge in [0.2, 0.25) is 0 Å². The maximum atomic E-state index is 11.8. The molecular formula is C11H10N4O4. The van der Waals surface area contributed by atoms with E-state index in [1.165, 1.54) is 30.7 Å². The largest absolute Gasteiger partial charge is 0.505 e. The molecule has 0 saturated heterocycles. The van der Waals surface area contributed by atoms with Gasteiger partial charge in [-0.15, -0.1) is 0 Å². The molecule has 0 aliphatic rings. The van der Waals surface area contributed by atoms with E-state index in [0.717, 1.165) is 4.68 Å². The number of aromatic nitrogens is 3. The number of hydrogen-bond acceptors (Lipinski definition) is 5. The predicted molar refractivity (Wildman–Crippen MR) is 63.7 cm³/mol. The van der Waals surface area contributed by atoms with E-state index in [0.29, 0.717) is 5.69 Å². The Bertz CT molecular complexity index is 623. The first-order valence-electron chi connectivity index (χ1n) is 5.26. The van der Waals surface area contributed by atoms with Crippen molar-refractivity contribution in [2.45, 2.75) is 6.54 Å². The molecule has 0 aliphatic heterocycles. The van der Waals surface area contributed by atoms with Gasteiger partial charge in [-0.1, -0.05) is 0 Å². The summed E-state index contributed by atoms with van der Waals surface area (Å²) in [5.41, 5.74) is 0.199. The smallest absolute Gasteiger partial charge is 0.325 e. The highest BCUT2D eigenvalue weighted by molar-refractivity contribution is 6.04. The van der Waals surface area contributed by atoms with Crippen molar-refractivity contribution in [1.82, 2.24) is 14.8 Å². The minimum absolute atomic E-state index is 0.117. The number of carboxylic acids is 1. The topological polar surface area (TPSA) is 117 Å². The van der Waals surface area contributed by atoms with Crippen LogP contribution in [0.4, 0.5) is 5.69 Å². The lowest BCUT2D eigenvalue weighted by molar-refractivity contribution is -0.137. The fourth-order valence-electron chi connectivity index (χ4n) is 1.42. The third kappa shape index (κ3) is 3.06. The van der Waals surface area contributed by atoms with Crippen molar-refractivity contribution in [3.05, 3.63) is 36.4 Å². The summed E-state index contributed by atoms with van der Waals surface area (Å²) in [4.78, 5) is 26.0. The fourth-order valence-corrected chi connectivity index (χ4v) is 1.42. The van der Waals surface area contributed by atoms with Gasteiger partial charge in [-0.3, -0.25) is 14.3 Å². The van der Waals surface area contributed by atoms with Gasteiger partial charge in [0.1, 0.15) is 12.3 Å². The number of amides is 1. The summed E-state index contributed by atoms with van der Waals surface area (Å²) >= 11 is 0. The van der Waals surface area contributed by atoms with E-state index < -0.39 is 11.9 Å². The molecule has 0 saturated carbocycles. The number of carboxylic acid groups (broad SMARTS) is 1. The van der Waals surface area contributed by atoms with Gasteiger partial charge in [0, 0.05) is 12.4 Å². The molecule has 8 heteroatoms. The van der Waals surface area contributed by atoms with Gasteiger partial charge in [-0.2, -0.15) is 5.10 Å². The van der Waals surface area contributed by atoms with Crippen molar-refractivity contribution in [1.29, 1.82) is 0 Å². The highest BCUT2D eigenvalue weighted by Crippen LogP contribution is 2.14. The summed E-state index contributed by atoms with van der Waals surface area (Å²) in [7, 11) is 0. The zero-order chi connectivity index (χ0) is 13.8. The molecule has 8 nitrogen and oxygen atoms in total. The standard InChI is InChI=1S/C11H10N4O4/c16-8-2-1-3-12-10(8)11(19)14-7-4-13-15(5-7)6-9(17)18/h1-5,16H,6H2,(H,14,19)(H,17,18). The summed E-state index contributed by atoms with van der Waals surface area (Å²) in [5.74, 6) is -1.88. The first-order valence-corrected chi connectivity index (χ1v) is 5.26. The molecule has 0 radical (unpaired) electrons. The zero-order valence-corrected chi connectivity index (χ0v) is 9.65. The second-order valence-corrected chi connectivity index (χ2v) is 3.65. The van der Waals surface area contributed by atoms with Gasteiger partial charge in [0.05, 0.1) is 11.9 Å².